The Bertz CT molecular complexity index is 3170. The van der Waals surface area contributed by atoms with Crippen molar-refractivity contribution in [1.82, 2.24) is 4.57 Å². The topological polar surface area (TPSA) is 43.3 Å². The van der Waals surface area contributed by atoms with Gasteiger partial charge in [-0.2, -0.15) is 0 Å². The van der Waals surface area contributed by atoms with Crippen LogP contribution in [0.5, 0.6) is 0 Å². The average Bonchev–Trinajstić information content (AvgIpc) is 3.68. The highest BCUT2D eigenvalue weighted by Crippen LogP contribution is 2.53. The SMILES string of the molecule is NC(=N/C(=C\Cc1ccccc1)c1cccc(-n2c3ccccc3c3c(-c4ccccc4)c(-c4ccccc4)c(-c4ccccc4)c(-c4ccccc4)c32)c1)c1ccccc1. The Balaban J connectivity index is 1.34. The summed E-state index contributed by atoms with van der Waals surface area (Å²) < 4.78 is 2.48. The summed E-state index contributed by atoms with van der Waals surface area (Å²) in [6.07, 6.45) is 2.90. The second kappa shape index (κ2) is 16.7. The van der Waals surface area contributed by atoms with Crippen molar-refractivity contribution in [2.24, 2.45) is 10.7 Å². The number of nitrogens with two attached hydrogens (primary N) is 1. The number of hydrogen-bond donors (Lipinski definition) is 1. The molecule has 0 aliphatic rings. The molecule has 290 valence electrons. The number of fused-ring (bicyclic) bond motifs is 3. The van der Waals surface area contributed by atoms with E-state index in [0.717, 1.165) is 50.2 Å². The van der Waals surface area contributed by atoms with E-state index in [0.29, 0.717) is 12.3 Å². The van der Waals surface area contributed by atoms with E-state index in [1.807, 2.05) is 36.4 Å². The summed E-state index contributed by atoms with van der Waals surface area (Å²) in [5.74, 6) is 0.474. The smallest absolute Gasteiger partial charge is 0.131 e. The Hall–Kier alpha value is -8.01. The monoisotopic (exact) mass is 781 g/mol. The third-order valence-electron chi connectivity index (χ3n) is 11.4. The zero-order valence-electron chi connectivity index (χ0n) is 33.7. The van der Waals surface area contributed by atoms with E-state index >= 15 is 0 Å². The molecule has 0 unspecified atom stereocenters. The van der Waals surface area contributed by atoms with Crippen LogP contribution >= 0.6 is 0 Å². The van der Waals surface area contributed by atoms with Crippen LogP contribution in [0.4, 0.5) is 0 Å². The van der Waals surface area contributed by atoms with Gasteiger partial charge in [0.2, 0.25) is 0 Å². The molecule has 1 heterocycles. The van der Waals surface area contributed by atoms with Crippen molar-refractivity contribution in [3.05, 3.63) is 253 Å². The van der Waals surface area contributed by atoms with E-state index in [1.165, 1.54) is 44.2 Å². The van der Waals surface area contributed by atoms with Gasteiger partial charge < -0.3 is 10.3 Å². The Morgan fingerprint density at radius 1 is 0.443 bits per heavy atom. The van der Waals surface area contributed by atoms with Crippen molar-refractivity contribution in [3.8, 4) is 50.2 Å². The van der Waals surface area contributed by atoms with Crippen LogP contribution in [0.1, 0.15) is 16.7 Å². The molecule has 0 amide bonds. The highest BCUT2D eigenvalue weighted by atomic mass is 15.0. The molecule has 9 aromatic carbocycles. The first kappa shape index (κ1) is 37.3. The van der Waals surface area contributed by atoms with E-state index in [4.69, 9.17) is 10.7 Å². The number of allylic oxidation sites excluding steroid dienone is 1. The van der Waals surface area contributed by atoms with Gasteiger partial charge in [0.15, 0.2) is 0 Å². The molecule has 0 saturated heterocycles. The van der Waals surface area contributed by atoms with Crippen LogP contribution < -0.4 is 5.73 Å². The first-order valence-corrected chi connectivity index (χ1v) is 20.8. The number of aliphatic imine (C=N–C) groups is 1. The first-order valence-electron chi connectivity index (χ1n) is 20.8. The van der Waals surface area contributed by atoms with Gasteiger partial charge in [0.1, 0.15) is 5.84 Å². The van der Waals surface area contributed by atoms with Crippen LogP contribution in [-0.4, -0.2) is 10.4 Å². The summed E-state index contributed by atoms with van der Waals surface area (Å²) in [6, 6.07) is 81.8. The van der Waals surface area contributed by atoms with Gasteiger partial charge in [-0.3, -0.25) is 0 Å². The number of aromatic nitrogens is 1. The lowest BCUT2D eigenvalue weighted by Gasteiger charge is -2.24. The molecule has 0 aliphatic carbocycles. The van der Waals surface area contributed by atoms with Gasteiger partial charge >= 0.3 is 0 Å². The van der Waals surface area contributed by atoms with Crippen LogP contribution in [0.2, 0.25) is 0 Å². The molecule has 0 bridgehead atoms. The maximum atomic E-state index is 6.78. The maximum Gasteiger partial charge on any atom is 0.131 e. The fraction of sp³-hybridized carbons (Fsp3) is 0.0172. The van der Waals surface area contributed by atoms with Crippen LogP contribution in [0.25, 0.3) is 77.7 Å². The molecule has 0 atom stereocenters. The van der Waals surface area contributed by atoms with Crippen LogP contribution in [-0.2, 0) is 6.42 Å². The normalized spacial score (nSPS) is 11.9. The lowest BCUT2D eigenvalue weighted by atomic mass is 9.80. The fourth-order valence-corrected chi connectivity index (χ4v) is 8.72. The number of para-hydroxylation sites is 1. The highest BCUT2D eigenvalue weighted by Gasteiger charge is 2.29. The predicted octanol–water partition coefficient (Wildman–Crippen LogP) is 14.4. The second-order valence-electron chi connectivity index (χ2n) is 15.2. The van der Waals surface area contributed by atoms with Crippen molar-refractivity contribution >= 4 is 33.3 Å². The molecule has 61 heavy (non-hydrogen) atoms. The van der Waals surface area contributed by atoms with Crippen molar-refractivity contribution in [3.63, 3.8) is 0 Å². The van der Waals surface area contributed by atoms with Crippen molar-refractivity contribution < 1.29 is 0 Å². The van der Waals surface area contributed by atoms with Gasteiger partial charge in [-0.15, -0.1) is 0 Å². The third kappa shape index (κ3) is 7.24. The Labute approximate surface area is 357 Å². The molecule has 0 aliphatic heterocycles. The van der Waals surface area contributed by atoms with Gasteiger partial charge in [0.05, 0.1) is 16.7 Å². The molecule has 3 heteroatoms. The zero-order chi connectivity index (χ0) is 41.0. The van der Waals surface area contributed by atoms with Crippen LogP contribution in [0.15, 0.2) is 242 Å². The molecule has 3 nitrogen and oxygen atoms in total. The van der Waals surface area contributed by atoms with Crippen LogP contribution in [0, 0.1) is 0 Å². The van der Waals surface area contributed by atoms with Gasteiger partial charge in [-0.1, -0.05) is 218 Å². The van der Waals surface area contributed by atoms with Gasteiger partial charge in [0, 0.05) is 44.3 Å². The molecule has 10 aromatic rings. The van der Waals surface area contributed by atoms with Gasteiger partial charge in [-0.25, -0.2) is 4.99 Å². The van der Waals surface area contributed by atoms with E-state index in [1.54, 1.807) is 0 Å². The van der Waals surface area contributed by atoms with E-state index < -0.39 is 0 Å². The molecule has 0 saturated carbocycles. The van der Waals surface area contributed by atoms with Gasteiger partial charge in [-0.05, 0) is 58.0 Å². The van der Waals surface area contributed by atoms with E-state index in [2.05, 4.69) is 205 Å². The van der Waals surface area contributed by atoms with Gasteiger partial charge in [0.25, 0.3) is 0 Å². The summed E-state index contributed by atoms with van der Waals surface area (Å²) in [6.45, 7) is 0. The van der Waals surface area contributed by atoms with E-state index in [9.17, 15) is 0 Å². The summed E-state index contributed by atoms with van der Waals surface area (Å²) in [7, 11) is 0. The van der Waals surface area contributed by atoms with Crippen molar-refractivity contribution in [2.75, 3.05) is 0 Å². The zero-order valence-corrected chi connectivity index (χ0v) is 33.7. The number of amidine groups is 1. The summed E-state index contributed by atoms with van der Waals surface area (Å²) in [4.78, 5) is 5.14. The number of hydrogen-bond acceptors (Lipinski definition) is 1. The summed E-state index contributed by atoms with van der Waals surface area (Å²) in [5.41, 5.74) is 23.4. The van der Waals surface area contributed by atoms with Crippen LogP contribution in [0.3, 0.4) is 0 Å². The molecular weight excluding hydrogens is 739 g/mol. The lowest BCUT2D eigenvalue weighted by Crippen LogP contribution is -2.13. The first-order chi connectivity index (χ1) is 30.2. The number of nitrogens with zero attached hydrogens (tertiary/aromatic N) is 2. The largest absolute Gasteiger partial charge is 0.383 e. The Kier molecular flexibility index (Phi) is 10.2. The minimum absolute atomic E-state index is 0.474. The van der Waals surface area contributed by atoms with E-state index in [-0.39, 0.29) is 0 Å². The molecular formula is C58H43N3. The van der Waals surface area contributed by atoms with Crippen molar-refractivity contribution in [2.45, 2.75) is 6.42 Å². The highest BCUT2D eigenvalue weighted by molar-refractivity contribution is 6.26. The number of benzene rings is 9. The lowest BCUT2D eigenvalue weighted by molar-refractivity contribution is 1.17. The molecule has 1 aromatic heterocycles. The minimum atomic E-state index is 0.474. The molecule has 0 fully saturated rings. The fourth-order valence-electron chi connectivity index (χ4n) is 8.72. The van der Waals surface area contributed by atoms with Crippen molar-refractivity contribution in [1.29, 1.82) is 0 Å². The number of rotatable bonds is 10. The second-order valence-corrected chi connectivity index (χ2v) is 15.2. The summed E-state index contributed by atoms with van der Waals surface area (Å²) in [5, 5.41) is 2.39. The maximum absolute atomic E-state index is 6.78. The Morgan fingerprint density at radius 2 is 0.902 bits per heavy atom. The quantitative estimate of drug-likeness (QED) is 0.109. The minimum Gasteiger partial charge on any atom is -0.383 e. The standard InChI is InChI=1S/C58H43N3/c59-58(46-32-17-6-18-33-46)60-50(39-38-41-22-7-1-8-23-41)47-34-21-35-48(40-47)61-51-37-20-19-36-49(51)56-54(44-28-13-4-14-29-44)52(42-24-9-2-10-25-42)53(43-26-11-3-12-27-43)55(57(56)61)45-30-15-5-16-31-45/h1-37,39-40H,38H2,(H2,59,60)/b50-39-. The average molecular weight is 782 g/mol. The Morgan fingerprint density at radius 3 is 1.49 bits per heavy atom. The predicted molar refractivity (Wildman–Crippen MR) is 258 cm³/mol. The molecule has 0 radical (unpaired) electrons. The molecule has 10 rings (SSSR count). The molecule has 0 spiro atoms. The molecule has 2 N–H and O–H groups in total. The third-order valence-corrected chi connectivity index (χ3v) is 11.4. The summed E-state index contributed by atoms with van der Waals surface area (Å²) >= 11 is 0.